The number of anilines is 1. The first-order valence-electron chi connectivity index (χ1n) is 9.54. The van der Waals surface area contributed by atoms with Gasteiger partial charge in [-0.2, -0.15) is 0 Å². The fourth-order valence-corrected chi connectivity index (χ4v) is 7.39. The fraction of sp³-hybridized carbons (Fsp3) is 0.619. The molecule has 140 valence electrons. The largest absolute Gasteiger partial charge is 0.456 e. The van der Waals surface area contributed by atoms with Gasteiger partial charge in [0.25, 0.3) is 5.91 Å². The van der Waals surface area contributed by atoms with E-state index in [9.17, 15) is 9.59 Å². The topological polar surface area (TPSA) is 55.4 Å². The minimum absolute atomic E-state index is 0.0814. The average molecular weight is 420 g/mol. The Balaban J connectivity index is 1.29. The first-order valence-corrected chi connectivity index (χ1v) is 10.3. The Labute approximate surface area is 163 Å². The van der Waals surface area contributed by atoms with E-state index in [4.69, 9.17) is 4.74 Å². The highest BCUT2D eigenvalue weighted by Gasteiger charge is 2.57. The van der Waals surface area contributed by atoms with Crippen LogP contribution in [0, 0.1) is 24.2 Å². The predicted octanol–water partition coefficient (Wildman–Crippen LogP) is 4.60. The summed E-state index contributed by atoms with van der Waals surface area (Å²) >= 11 is 3.97. The van der Waals surface area contributed by atoms with Crippen molar-refractivity contribution in [3.63, 3.8) is 0 Å². The molecule has 0 radical (unpaired) electrons. The van der Waals surface area contributed by atoms with E-state index in [-0.39, 0.29) is 28.2 Å². The van der Waals surface area contributed by atoms with Gasteiger partial charge in [-0.25, -0.2) is 0 Å². The summed E-state index contributed by atoms with van der Waals surface area (Å²) in [6.07, 6.45) is 7.62. The van der Waals surface area contributed by atoms with Crippen LogP contribution in [0.5, 0.6) is 0 Å². The molecule has 0 aliphatic heterocycles. The van der Waals surface area contributed by atoms with Crippen molar-refractivity contribution in [2.75, 3.05) is 11.9 Å². The van der Waals surface area contributed by atoms with Crippen molar-refractivity contribution in [3.05, 3.63) is 29.8 Å². The maximum absolute atomic E-state index is 12.4. The van der Waals surface area contributed by atoms with E-state index < -0.39 is 0 Å². The highest BCUT2D eigenvalue weighted by molar-refractivity contribution is 9.10. The number of carbonyl (C=O) groups is 2. The second-order valence-electron chi connectivity index (χ2n) is 8.86. The van der Waals surface area contributed by atoms with Gasteiger partial charge in [-0.15, -0.1) is 0 Å². The molecule has 5 heteroatoms. The molecule has 1 N–H and O–H groups in total. The maximum Gasteiger partial charge on any atom is 0.306 e. The van der Waals surface area contributed by atoms with Crippen LogP contribution in [0.25, 0.3) is 0 Å². The molecule has 2 unspecified atom stereocenters. The van der Waals surface area contributed by atoms with E-state index in [1.54, 1.807) is 0 Å². The van der Waals surface area contributed by atoms with Gasteiger partial charge in [-0.3, -0.25) is 9.59 Å². The van der Waals surface area contributed by atoms with Crippen molar-refractivity contribution in [3.8, 4) is 0 Å². The number of esters is 1. The molecule has 4 saturated carbocycles. The Morgan fingerprint density at radius 3 is 2.42 bits per heavy atom. The number of ether oxygens (including phenoxy) is 1. The lowest BCUT2D eigenvalue weighted by Crippen LogP contribution is -2.53. The van der Waals surface area contributed by atoms with Gasteiger partial charge in [-0.1, -0.05) is 33.6 Å². The zero-order chi connectivity index (χ0) is 18.4. The Bertz CT molecular complexity index is 700. The molecular formula is C21H26BrNO3. The summed E-state index contributed by atoms with van der Waals surface area (Å²) in [5.74, 6) is 0.966. The van der Waals surface area contributed by atoms with E-state index in [0.717, 1.165) is 42.3 Å². The number of aryl methyl sites for hydroxylation is 1. The molecule has 26 heavy (non-hydrogen) atoms. The Kier molecular flexibility index (Phi) is 4.62. The molecule has 4 atom stereocenters. The van der Waals surface area contributed by atoms with Crippen LogP contribution in [0.3, 0.4) is 0 Å². The molecule has 0 spiro atoms. The van der Waals surface area contributed by atoms with Crippen molar-refractivity contribution in [2.24, 2.45) is 17.3 Å². The number of halogens is 1. The lowest BCUT2D eigenvalue weighted by molar-refractivity contribution is -0.153. The number of nitrogens with one attached hydrogen (secondary N) is 1. The molecule has 4 fully saturated rings. The van der Waals surface area contributed by atoms with Crippen LogP contribution in [0.2, 0.25) is 0 Å². The van der Waals surface area contributed by atoms with Gasteiger partial charge in [0, 0.05) is 10.0 Å². The first kappa shape index (κ1) is 18.0. The molecule has 0 aromatic heterocycles. The lowest BCUT2D eigenvalue weighted by atomic mass is 9.49. The smallest absolute Gasteiger partial charge is 0.306 e. The number of hydrogen-bond acceptors (Lipinski definition) is 3. The minimum atomic E-state index is -0.287. The molecule has 4 aliphatic carbocycles. The summed E-state index contributed by atoms with van der Waals surface area (Å²) in [5, 5.41) is 2.77. The molecule has 1 amide bonds. The van der Waals surface area contributed by atoms with Gasteiger partial charge in [0.15, 0.2) is 6.61 Å². The Hall–Kier alpha value is -1.36. The Morgan fingerprint density at radius 2 is 1.81 bits per heavy atom. The maximum atomic E-state index is 12.4. The molecule has 0 saturated heterocycles. The first-order chi connectivity index (χ1) is 12.3. The fourth-order valence-electron chi connectivity index (χ4n) is 5.88. The molecule has 4 aliphatic rings. The highest BCUT2D eigenvalue weighted by Crippen LogP contribution is 2.65. The SMILES string of the molecule is Cc1ccc(NC(=O)COC(=O)CC23C[C@@H]4C[C@@H](CC(Br)(C4)C2)C3)cc1. The Morgan fingerprint density at radius 1 is 1.15 bits per heavy atom. The summed E-state index contributed by atoms with van der Waals surface area (Å²) in [5.41, 5.74) is 1.94. The monoisotopic (exact) mass is 419 g/mol. The minimum Gasteiger partial charge on any atom is -0.456 e. The van der Waals surface area contributed by atoms with Crippen LogP contribution >= 0.6 is 15.9 Å². The standard InChI is InChI=1S/C21H26BrNO3/c1-14-2-4-17(5-3-14)23-18(24)12-26-19(25)11-20-7-15-6-16(8-20)10-21(22,9-15)13-20/h2-5,15-16H,6-13H2,1H3,(H,23,24)/t15-,16+,20?,21?. The van der Waals surface area contributed by atoms with Crippen LogP contribution < -0.4 is 5.32 Å². The van der Waals surface area contributed by atoms with Crippen LogP contribution in [0.1, 0.15) is 50.5 Å². The number of amides is 1. The van der Waals surface area contributed by atoms with Crippen LogP contribution in [0.15, 0.2) is 24.3 Å². The second-order valence-corrected chi connectivity index (χ2v) is 10.5. The molecule has 4 nitrogen and oxygen atoms in total. The van der Waals surface area contributed by atoms with Gasteiger partial charge in [0.05, 0.1) is 6.42 Å². The van der Waals surface area contributed by atoms with Crippen LogP contribution in [0.4, 0.5) is 5.69 Å². The quantitative estimate of drug-likeness (QED) is 0.560. The summed E-state index contributed by atoms with van der Waals surface area (Å²) in [4.78, 5) is 24.4. The van der Waals surface area contributed by atoms with E-state index in [2.05, 4.69) is 21.2 Å². The van der Waals surface area contributed by atoms with Crippen molar-refractivity contribution in [1.29, 1.82) is 0 Å². The van der Waals surface area contributed by atoms with Gasteiger partial charge in [0.1, 0.15) is 0 Å². The number of alkyl halides is 1. The number of hydrogen-bond donors (Lipinski definition) is 1. The molecular weight excluding hydrogens is 394 g/mol. The number of carbonyl (C=O) groups excluding carboxylic acids is 2. The summed E-state index contributed by atoms with van der Waals surface area (Å²) < 4.78 is 5.54. The van der Waals surface area contributed by atoms with Gasteiger partial charge >= 0.3 is 5.97 Å². The average Bonchev–Trinajstić information content (AvgIpc) is 2.52. The van der Waals surface area contributed by atoms with Gasteiger partial charge in [0.2, 0.25) is 0 Å². The van der Waals surface area contributed by atoms with Crippen molar-refractivity contribution < 1.29 is 14.3 Å². The van der Waals surface area contributed by atoms with Crippen molar-refractivity contribution >= 4 is 33.5 Å². The molecule has 0 heterocycles. The van der Waals surface area contributed by atoms with Gasteiger partial charge < -0.3 is 10.1 Å². The van der Waals surface area contributed by atoms with Crippen LogP contribution in [-0.2, 0) is 14.3 Å². The summed E-state index contributed by atoms with van der Waals surface area (Å²) in [6, 6.07) is 7.56. The predicted molar refractivity (Wildman–Crippen MR) is 104 cm³/mol. The normalized spacial score (nSPS) is 34.5. The third kappa shape index (κ3) is 3.83. The molecule has 1 aromatic rings. The lowest BCUT2D eigenvalue weighted by Gasteiger charge is -2.60. The number of rotatable bonds is 5. The number of benzene rings is 1. The second kappa shape index (κ2) is 6.66. The van der Waals surface area contributed by atoms with E-state index in [1.807, 2.05) is 31.2 Å². The molecule has 1 aromatic carbocycles. The molecule has 5 rings (SSSR count). The van der Waals surface area contributed by atoms with E-state index >= 15 is 0 Å². The molecule has 4 bridgehead atoms. The summed E-state index contributed by atoms with van der Waals surface area (Å²) in [6.45, 7) is 1.78. The van der Waals surface area contributed by atoms with E-state index in [1.165, 1.54) is 19.3 Å². The highest BCUT2D eigenvalue weighted by atomic mass is 79.9. The van der Waals surface area contributed by atoms with Crippen LogP contribution in [-0.4, -0.2) is 22.8 Å². The zero-order valence-corrected chi connectivity index (χ0v) is 16.8. The van der Waals surface area contributed by atoms with E-state index in [0.29, 0.717) is 6.42 Å². The van der Waals surface area contributed by atoms with Gasteiger partial charge in [-0.05, 0) is 74.8 Å². The zero-order valence-electron chi connectivity index (χ0n) is 15.2. The van der Waals surface area contributed by atoms with Crippen molar-refractivity contribution in [2.45, 2.75) is 56.2 Å². The third-order valence-corrected chi connectivity index (χ3v) is 7.26. The third-order valence-electron chi connectivity index (χ3n) is 6.33. The van der Waals surface area contributed by atoms with Crippen molar-refractivity contribution in [1.82, 2.24) is 0 Å². The summed E-state index contributed by atoms with van der Waals surface area (Å²) in [7, 11) is 0.